The number of anilines is 1. The maximum absolute atomic E-state index is 12.0. The summed E-state index contributed by atoms with van der Waals surface area (Å²) in [5, 5.41) is 16.3. The van der Waals surface area contributed by atoms with Crippen LogP contribution in [0.2, 0.25) is 0 Å². The Hall–Kier alpha value is -2.96. The van der Waals surface area contributed by atoms with Crippen molar-refractivity contribution < 1.29 is 9.72 Å². The molecule has 21 heavy (non-hydrogen) atoms. The van der Waals surface area contributed by atoms with Gasteiger partial charge in [0.1, 0.15) is 5.69 Å². The Morgan fingerprint density at radius 2 is 2.00 bits per heavy atom. The number of nitrogens with one attached hydrogen (secondary N) is 2. The summed E-state index contributed by atoms with van der Waals surface area (Å²) < 4.78 is 0. The molecule has 0 aliphatic heterocycles. The summed E-state index contributed by atoms with van der Waals surface area (Å²) in [6, 6.07) is 7.80. The van der Waals surface area contributed by atoms with Gasteiger partial charge < -0.3 is 10.6 Å². The van der Waals surface area contributed by atoms with Gasteiger partial charge in [-0.25, -0.2) is 0 Å². The van der Waals surface area contributed by atoms with Crippen molar-refractivity contribution in [2.24, 2.45) is 0 Å². The SMILES string of the molecule is CNc1cc(C(=O)NCc2ccncc2)ccc1[N+](=O)[O-]. The predicted molar refractivity (Wildman–Crippen MR) is 78.1 cm³/mol. The van der Waals surface area contributed by atoms with Gasteiger partial charge in [-0.05, 0) is 29.8 Å². The van der Waals surface area contributed by atoms with Crippen molar-refractivity contribution >= 4 is 17.3 Å². The van der Waals surface area contributed by atoms with E-state index >= 15 is 0 Å². The zero-order chi connectivity index (χ0) is 15.2. The molecule has 1 heterocycles. The number of nitrogens with zero attached hydrogens (tertiary/aromatic N) is 2. The quantitative estimate of drug-likeness (QED) is 0.647. The lowest BCUT2D eigenvalue weighted by molar-refractivity contribution is -0.383. The van der Waals surface area contributed by atoms with Crippen LogP contribution in [0.25, 0.3) is 0 Å². The van der Waals surface area contributed by atoms with Crippen LogP contribution in [0.4, 0.5) is 11.4 Å². The van der Waals surface area contributed by atoms with E-state index < -0.39 is 4.92 Å². The number of amides is 1. The number of carbonyl (C=O) groups excluding carboxylic acids is 1. The molecule has 2 aromatic rings. The van der Waals surface area contributed by atoms with E-state index in [4.69, 9.17) is 0 Å². The molecule has 1 aromatic heterocycles. The molecular weight excluding hydrogens is 272 g/mol. The lowest BCUT2D eigenvalue weighted by atomic mass is 10.1. The zero-order valence-electron chi connectivity index (χ0n) is 11.4. The van der Waals surface area contributed by atoms with E-state index in [2.05, 4.69) is 15.6 Å². The summed E-state index contributed by atoms with van der Waals surface area (Å²) in [5.74, 6) is -0.293. The average molecular weight is 286 g/mol. The van der Waals surface area contributed by atoms with Crippen molar-refractivity contribution in [2.45, 2.75) is 6.54 Å². The van der Waals surface area contributed by atoms with Gasteiger partial charge in [-0.3, -0.25) is 19.9 Å². The van der Waals surface area contributed by atoms with E-state index in [1.54, 1.807) is 31.6 Å². The van der Waals surface area contributed by atoms with Gasteiger partial charge in [-0.15, -0.1) is 0 Å². The fourth-order valence-electron chi connectivity index (χ4n) is 1.82. The summed E-state index contributed by atoms with van der Waals surface area (Å²) in [6.45, 7) is 0.368. The minimum atomic E-state index is -0.496. The summed E-state index contributed by atoms with van der Waals surface area (Å²) in [6.07, 6.45) is 3.29. The fraction of sp³-hybridized carbons (Fsp3) is 0.143. The molecule has 0 aliphatic rings. The third-order valence-electron chi connectivity index (χ3n) is 2.93. The molecule has 0 aliphatic carbocycles. The maximum Gasteiger partial charge on any atom is 0.292 e. The van der Waals surface area contributed by atoms with Crippen molar-refractivity contribution in [3.8, 4) is 0 Å². The number of pyridine rings is 1. The lowest BCUT2D eigenvalue weighted by Gasteiger charge is -2.07. The van der Waals surface area contributed by atoms with E-state index in [1.165, 1.54) is 18.2 Å². The van der Waals surface area contributed by atoms with Crippen LogP contribution >= 0.6 is 0 Å². The van der Waals surface area contributed by atoms with Crippen molar-refractivity contribution in [2.75, 3.05) is 12.4 Å². The molecule has 0 saturated carbocycles. The molecule has 108 valence electrons. The van der Waals surface area contributed by atoms with Crippen LogP contribution in [0.5, 0.6) is 0 Å². The highest BCUT2D eigenvalue weighted by atomic mass is 16.6. The summed E-state index contributed by atoms with van der Waals surface area (Å²) in [4.78, 5) is 26.3. The standard InChI is InChI=1S/C14H14N4O3/c1-15-12-8-11(2-3-13(12)18(20)21)14(19)17-9-10-4-6-16-7-5-10/h2-8,15H,9H2,1H3,(H,17,19). The van der Waals surface area contributed by atoms with Crippen LogP contribution < -0.4 is 10.6 Å². The van der Waals surface area contributed by atoms with E-state index in [1.807, 2.05) is 0 Å². The van der Waals surface area contributed by atoms with E-state index in [0.29, 0.717) is 17.8 Å². The van der Waals surface area contributed by atoms with Gasteiger partial charge in [0.25, 0.3) is 11.6 Å². The Balaban J connectivity index is 2.11. The topological polar surface area (TPSA) is 97.2 Å². The molecule has 0 saturated heterocycles. The average Bonchev–Trinajstić information content (AvgIpc) is 2.52. The number of hydrogen-bond donors (Lipinski definition) is 2. The summed E-state index contributed by atoms with van der Waals surface area (Å²) >= 11 is 0. The predicted octanol–water partition coefficient (Wildman–Crippen LogP) is 1.96. The first-order valence-electron chi connectivity index (χ1n) is 6.25. The van der Waals surface area contributed by atoms with Crippen LogP contribution in [0.1, 0.15) is 15.9 Å². The maximum atomic E-state index is 12.0. The third-order valence-corrected chi connectivity index (χ3v) is 2.93. The fourth-order valence-corrected chi connectivity index (χ4v) is 1.82. The third kappa shape index (κ3) is 3.53. The zero-order valence-corrected chi connectivity index (χ0v) is 11.4. The van der Waals surface area contributed by atoms with Gasteiger partial charge in [-0.1, -0.05) is 0 Å². The largest absolute Gasteiger partial charge is 0.383 e. The Morgan fingerprint density at radius 3 is 2.62 bits per heavy atom. The second kappa shape index (κ2) is 6.47. The van der Waals surface area contributed by atoms with Crippen molar-refractivity contribution in [3.05, 3.63) is 64.0 Å². The first kappa shape index (κ1) is 14.4. The van der Waals surface area contributed by atoms with Crippen LogP contribution in [0, 0.1) is 10.1 Å². The molecule has 7 heteroatoms. The molecule has 2 N–H and O–H groups in total. The molecular formula is C14H14N4O3. The molecule has 7 nitrogen and oxygen atoms in total. The number of benzene rings is 1. The highest BCUT2D eigenvalue weighted by molar-refractivity contribution is 5.95. The van der Waals surface area contributed by atoms with Crippen LogP contribution in [0.3, 0.4) is 0 Å². The normalized spacial score (nSPS) is 9.95. The van der Waals surface area contributed by atoms with Crippen LogP contribution in [0.15, 0.2) is 42.7 Å². The van der Waals surface area contributed by atoms with E-state index in [-0.39, 0.29) is 11.6 Å². The van der Waals surface area contributed by atoms with Gasteiger partial charge in [0.2, 0.25) is 0 Å². The first-order valence-corrected chi connectivity index (χ1v) is 6.25. The minimum Gasteiger partial charge on any atom is -0.383 e. The Kier molecular flexibility index (Phi) is 4.45. The number of nitro groups is 1. The molecule has 0 atom stereocenters. The first-order chi connectivity index (χ1) is 10.1. The van der Waals surface area contributed by atoms with Gasteiger partial charge in [0.05, 0.1) is 4.92 Å². The van der Waals surface area contributed by atoms with Gasteiger partial charge >= 0.3 is 0 Å². The van der Waals surface area contributed by atoms with Crippen LogP contribution in [-0.4, -0.2) is 22.9 Å². The van der Waals surface area contributed by atoms with Crippen molar-refractivity contribution in [1.82, 2.24) is 10.3 Å². The van der Waals surface area contributed by atoms with Crippen molar-refractivity contribution in [1.29, 1.82) is 0 Å². The Labute approximate surface area is 121 Å². The molecule has 0 fully saturated rings. The van der Waals surface area contributed by atoms with E-state index in [9.17, 15) is 14.9 Å². The summed E-state index contributed by atoms with van der Waals surface area (Å²) in [7, 11) is 1.57. The second-order valence-electron chi connectivity index (χ2n) is 4.28. The lowest BCUT2D eigenvalue weighted by Crippen LogP contribution is -2.22. The van der Waals surface area contributed by atoms with Crippen LogP contribution in [-0.2, 0) is 6.54 Å². The highest BCUT2D eigenvalue weighted by Gasteiger charge is 2.15. The molecule has 2 rings (SSSR count). The molecule has 0 spiro atoms. The second-order valence-corrected chi connectivity index (χ2v) is 4.28. The van der Waals surface area contributed by atoms with Gasteiger partial charge in [0.15, 0.2) is 0 Å². The van der Waals surface area contributed by atoms with E-state index in [0.717, 1.165) is 5.56 Å². The number of rotatable bonds is 5. The number of nitro benzene ring substituents is 1. The van der Waals surface area contributed by atoms with Gasteiger partial charge in [-0.2, -0.15) is 0 Å². The molecule has 0 unspecified atom stereocenters. The Bertz CT molecular complexity index is 659. The molecule has 0 radical (unpaired) electrons. The molecule has 1 aromatic carbocycles. The number of hydrogen-bond acceptors (Lipinski definition) is 5. The highest BCUT2D eigenvalue weighted by Crippen LogP contribution is 2.24. The minimum absolute atomic E-state index is 0.0665. The molecule has 1 amide bonds. The molecule has 0 bridgehead atoms. The van der Waals surface area contributed by atoms with Crippen molar-refractivity contribution in [3.63, 3.8) is 0 Å². The van der Waals surface area contributed by atoms with Gasteiger partial charge in [0, 0.05) is 37.6 Å². The monoisotopic (exact) mass is 286 g/mol. The summed E-state index contributed by atoms with van der Waals surface area (Å²) in [5.41, 5.74) is 1.52. The number of aromatic nitrogens is 1. The number of carbonyl (C=O) groups is 1. The smallest absolute Gasteiger partial charge is 0.292 e. The Morgan fingerprint density at radius 1 is 1.29 bits per heavy atom.